The third-order valence-corrected chi connectivity index (χ3v) is 7.05. The summed E-state index contributed by atoms with van der Waals surface area (Å²) in [7, 11) is 0. The number of benzene rings is 2. The molecule has 0 bridgehead atoms. The van der Waals surface area contributed by atoms with E-state index in [0.717, 1.165) is 0 Å². The van der Waals surface area contributed by atoms with Crippen LogP contribution in [0.5, 0.6) is 0 Å². The summed E-state index contributed by atoms with van der Waals surface area (Å²) in [4.78, 5) is 37.6. The van der Waals surface area contributed by atoms with Crippen molar-refractivity contribution in [2.24, 2.45) is 0 Å². The summed E-state index contributed by atoms with van der Waals surface area (Å²) in [5.41, 5.74) is -1.68. The number of aliphatic hydroxyl groups is 1. The number of hydrogen-bond donors (Lipinski definition) is 1. The molecule has 14 heteroatoms. The number of likely N-dealkylation sites (tertiary alicyclic amines) is 2. The normalized spacial score (nSPS) is 15.8. The molecule has 0 atom stereocenters. The Balaban J connectivity index is 0.000000723. The van der Waals surface area contributed by atoms with Crippen molar-refractivity contribution in [1.82, 2.24) is 9.80 Å². The van der Waals surface area contributed by atoms with E-state index in [-0.39, 0.29) is 62.0 Å². The molecule has 0 unspecified atom stereocenters. The first-order chi connectivity index (χ1) is 20.3. The molecule has 2 fully saturated rings. The zero-order valence-electron chi connectivity index (χ0n) is 27.1. The summed E-state index contributed by atoms with van der Waals surface area (Å²) < 4.78 is 36.2. The third kappa shape index (κ3) is 15.5. The molecular formula is C32H41BrCl2F2MgN2O6. The molecule has 8 nitrogen and oxygen atoms in total. The van der Waals surface area contributed by atoms with Gasteiger partial charge < -0.3 is 41.4 Å². The van der Waals surface area contributed by atoms with Crippen LogP contribution in [-0.2, 0) is 19.9 Å². The van der Waals surface area contributed by atoms with Crippen LogP contribution in [-0.4, -0.2) is 93.3 Å². The molecular weight excluding hydrogens is 721 g/mol. The summed E-state index contributed by atoms with van der Waals surface area (Å²) >= 11 is 11.0. The van der Waals surface area contributed by atoms with Gasteiger partial charge in [-0.25, -0.2) is 14.0 Å². The Labute approximate surface area is 307 Å². The van der Waals surface area contributed by atoms with Gasteiger partial charge in [-0.2, -0.15) is 12.1 Å². The maximum atomic E-state index is 13.6. The van der Waals surface area contributed by atoms with Gasteiger partial charge >= 0.3 is 35.2 Å². The number of ether oxygens (including phenoxy) is 2. The van der Waals surface area contributed by atoms with E-state index in [2.05, 4.69) is 6.07 Å². The van der Waals surface area contributed by atoms with E-state index in [1.165, 1.54) is 24.3 Å². The summed E-state index contributed by atoms with van der Waals surface area (Å²) in [6, 6.07) is 11.1. The molecule has 0 aromatic heterocycles. The second-order valence-corrected chi connectivity index (χ2v) is 13.3. The van der Waals surface area contributed by atoms with Crippen molar-refractivity contribution in [2.75, 3.05) is 26.2 Å². The third-order valence-electron chi connectivity index (χ3n) is 6.44. The fraction of sp³-hybridized carbons (Fsp3) is 0.531. The molecule has 252 valence electrons. The Morgan fingerprint density at radius 1 is 0.848 bits per heavy atom. The van der Waals surface area contributed by atoms with Gasteiger partial charge in [-0.3, -0.25) is 9.18 Å². The molecule has 2 heterocycles. The number of piperidine rings is 2. The average molecular weight is 763 g/mol. The first-order valence-electron chi connectivity index (χ1n) is 14.3. The fourth-order valence-electron chi connectivity index (χ4n) is 4.12. The van der Waals surface area contributed by atoms with Crippen molar-refractivity contribution in [2.45, 2.75) is 84.0 Å². The number of halogens is 5. The molecule has 2 aromatic rings. The predicted molar refractivity (Wildman–Crippen MR) is 170 cm³/mol. The fourth-order valence-corrected chi connectivity index (χ4v) is 4.35. The Hall–Kier alpha value is -1.70. The monoisotopic (exact) mass is 760 g/mol. The van der Waals surface area contributed by atoms with E-state index in [1.54, 1.807) is 21.9 Å². The Bertz CT molecular complexity index is 1270. The minimum absolute atomic E-state index is 0. The molecule has 0 aliphatic carbocycles. The van der Waals surface area contributed by atoms with Crippen LogP contribution in [0.3, 0.4) is 0 Å². The zero-order chi connectivity index (χ0) is 33.3. The second kappa shape index (κ2) is 19.3. The quantitative estimate of drug-likeness (QED) is 0.346. The Morgan fingerprint density at radius 3 is 1.70 bits per heavy atom. The molecule has 0 spiro atoms. The molecule has 2 aliphatic heterocycles. The molecule has 0 saturated carbocycles. The summed E-state index contributed by atoms with van der Waals surface area (Å²) in [5.74, 6) is -0.749. The molecule has 1 N–H and O–H groups in total. The number of nitrogens with zero attached hydrogens (tertiary/aromatic N) is 2. The van der Waals surface area contributed by atoms with Gasteiger partial charge in [0.25, 0.3) is 0 Å². The van der Waals surface area contributed by atoms with Crippen LogP contribution in [0, 0.1) is 17.7 Å². The van der Waals surface area contributed by atoms with Gasteiger partial charge in [0.15, 0.2) is 0 Å². The van der Waals surface area contributed by atoms with E-state index >= 15 is 0 Å². The molecule has 2 aliphatic rings. The van der Waals surface area contributed by atoms with Crippen molar-refractivity contribution >= 4 is 64.2 Å². The Morgan fingerprint density at radius 2 is 1.30 bits per heavy atom. The van der Waals surface area contributed by atoms with Gasteiger partial charge in [0.2, 0.25) is 0 Å². The standard InChI is InChI=1S/C16H21ClFNO3.C10H17NO3.C6H3ClF.BrH.Mg/c1-15(2,3)22-14(20)19-8-6-16(21,7-9-19)11-4-5-12(17)13(18)10-11;1-10(2,3)14-9(13)11-6-4-8(12)5-7-11;7-5-3-1-2-4-6(5)8;;/h4-5,10,21H,6-9H2,1-3H3;4-7H2,1-3H3;1,3-4H;1H;/q;;-1;;+2/p-1. The zero-order valence-corrected chi connectivity index (χ0v) is 31.6. The molecule has 0 radical (unpaired) electrons. The SMILES string of the molecule is CC(C)(C)OC(=O)N1CCC(=O)CC1.CC(C)(C)OC(=O)N1CCC(O)(c2ccc(Cl)c(F)c2)CC1.Fc1c[c-]ccc1Cl.[Br-].[Mg+2]. The van der Waals surface area contributed by atoms with E-state index in [1.807, 2.05) is 41.5 Å². The van der Waals surface area contributed by atoms with Gasteiger partial charge in [-0.15, -0.1) is 23.7 Å². The molecule has 2 amide bonds. The number of ketones is 1. The van der Waals surface area contributed by atoms with Crippen molar-refractivity contribution in [3.05, 3.63) is 69.7 Å². The Kier molecular flexibility index (Phi) is 18.6. The number of carbonyl (C=O) groups is 3. The van der Waals surface area contributed by atoms with Gasteiger partial charge in [0, 0.05) is 44.8 Å². The summed E-state index contributed by atoms with van der Waals surface area (Å²) in [5, 5.41) is 10.9. The number of Topliss-reactive ketones (excluding diaryl/α,β-unsaturated/α-hetero) is 1. The van der Waals surface area contributed by atoms with Crippen molar-refractivity contribution < 1.29 is 54.7 Å². The van der Waals surface area contributed by atoms with Crippen LogP contribution in [0.25, 0.3) is 0 Å². The number of amides is 2. The van der Waals surface area contributed by atoms with Crippen LogP contribution < -0.4 is 17.0 Å². The van der Waals surface area contributed by atoms with E-state index in [0.29, 0.717) is 57.4 Å². The van der Waals surface area contributed by atoms with Gasteiger partial charge in [0.05, 0.1) is 10.6 Å². The average Bonchev–Trinajstić information content (AvgIpc) is 2.91. The topological polar surface area (TPSA) is 96.4 Å². The van der Waals surface area contributed by atoms with E-state index < -0.39 is 34.5 Å². The first kappa shape index (κ1) is 44.3. The maximum absolute atomic E-state index is 13.6. The van der Waals surface area contributed by atoms with E-state index in [4.69, 9.17) is 32.7 Å². The van der Waals surface area contributed by atoms with Crippen LogP contribution >= 0.6 is 23.2 Å². The van der Waals surface area contributed by atoms with Crippen molar-refractivity contribution in [3.8, 4) is 0 Å². The maximum Gasteiger partial charge on any atom is 2.00 e. The van der Waals surface area contributed by atoms with Crippen molar-refractivity contribution in [3.63, 3.8) is 0 Å². The number of hydrogen-bond acceptors (Lipinski definition) is 6. The molecule has 46 heavy (non-hydrogen) atoms. The summed E-state index contributed by atoms with van der Waals surface area (Å²) in [6.07, 6.45) is 0.862. The smallest absolute Gasteiger partial charge is 1.00 e. The predicted octanol–water partition coefficient (Wildman–Crippen LogP) is 4.19. The minimum Gasteiger partial charge on any atom is -1.00 e. The first-order valence-corrected chi connectivity index (χ1v) is 15.0. The molecule has 2 aromatic carbocycles. The number of carbonyl (C=O) groups excluding carboxylic acids is 3. The van der Waals surface area contributed by atoms with E-state index in [9.17, 15) is 28.3 Å². The van der Waals surface area contributed by atoms with Crippen LogP contribution in [0.15, 0.2) is 36.4 Å². The van der Waals surface area contributed by atoms with Crippen LogP contribution in [0.2, 0.25) is 10.0 Å². The van der Waals surface area contributed by atoms with Gasteiger partial charge in [0.1, 0.15) is 22.8 Å². The second-order valence-electron chi connectivity index (χ2n) is 12.5. The van der Waals surface area contributed by atoms with Crippen LogP contribution in [0.1, 0.15) is 72.8 Å². The van der Waals surface area contributed by atoms with Gasteiger partial charge in [-0.1, -0.05) is 17.7 Å². The van der Waals surface area contributed by atoms with Gasteiger partial charge in [-0.05, 0) is 77.1 Å². The molecule has 2 saturated heterocycles. The van der Waals surface area contributed by atoms with Crippen LogP contribution in [0.4, 0.5) is 18.4 Å². The summed E-state index contributed by atoms with van der Waals surface area (Å²) in [6.45, 7) is 12.6. The molecule has 4 rings (SSSR count). The number of rotatable bonds is 1. The minimum atomic E-state index is -1.15. The largest absolute Gasteiger partial charge is 2.00 e. The van der Waals surface area contributed by atoms with Crippen molar-refractivity contribution in [1.29, 1.82) is 0 Å².